The summed E-state index contributed by atoms with van der Waals surface area (Å²) >= 11 is 0. The van der Waals surface area contributed by atoms with Crippen LogP contribution in [0.3, 0.4) is 0 Å². The van der Waals surface area contributed by atoms with E-state index in [2.05, 4.69) is 5.10 Å². The molecule has 2 aromatic heterocycles. The summed E-state index contributed by atoms with van der Waals surface area (Å²) in [6.07, 6.45) is 0. The van der Waals surface area contributed by atoms with E-state index in [-0.39, 0.29) is 5.82 Å². The van der Waals surface area contributed by atoms with Crippen LogP contribution in [0.4, 0.5) is 5.82 Å². The summed E-state index contributed by atoms with van der Waals surface area (Å²) in [4.78, 5) is 12.0. The molecule has 6 heteroatoms. The lowest BCUT2D eigenvalue weighted by Crippen LogP contribution is -2.08. The van der Waals surface area contributed by atoms with Crippen molar-refractivity contribution < 1.29 is 9.53 Å². The largest absolute Gasteiger partial charge is 0.462 e. The third-order valence-electron chi connectivity index (χ3n) is 3.16. The number of aromatic nitrogens is 3. The van der Waals surface area contributed by atoms with Gasteiger partial charge in [-0.05, 0) is 19.1 Å². The number of benzene rings is 1. The summed E-state index contributed by atoms with van der Waals surface area (Å²) < 4.78 is 8.61. The van der Waals surface area contributed by atoms with Gasteiger partial charge in [-0.2, -0.15) is 0 Å². The molecule has 0 unspecified atom stereocenters. The number of aryl methyl sites for hydroxylation is 1. The van der Waals surface area contributed by atoms with E-state index in [1.54, 1.807) is 11.4 Å². The van der Waals surface area contributed by atoms with Gasteiger partial charge in [0.25, 0.3) is 0 Å². The first-order chi connectivity index (χ1) is 9.15. The van der Waals surface area contributed by atoms with E-state index < -0.39 is 5.97 Å². The van der Waals surface area contributed by atoms with Crippen LogP contribution in [0.5, 0.6) is 0 Å². The normalized spacial score (nSPS) is 11.3. The van der Waals surface area contributed by atoms with E-state index >= 15 is 0 Å². The number of imidazole rings is 1. The molecule has 3 rings (SSSR count). The molecular weight excluding hydrogens is 244 g/mol. The van der Waals surface area contributed by atoms with Gasteiger partial charge in [-0.1, -0.05) is 12.1 Å². The fraction of sp³-hybridized carbons (Fsp3) is 0.231. The molecule has 2 N–H and O–H groups in total. The number of para-hydroxylation sites is 2. The van der Waals surface area contributed by atoms with E-state index in [0.29, 0.717) is 17.8 Å². The lowest BCUT2D eigenvalue weighted by molar-refractivity contribution is 0.0529. The van der Waals surface area contributed by atoms with Gasteiger partial charge in [0.1, 0.15) is 5.56 Å². The Morgan fingerprint density at radius 2 is 2.05 bits per heavy atom. The number of esters is 1. The Morgan fingerprint density at radius 1 is 1.37 bits per heavy atom. The summed E-state index contributed by atoms with van der Waals surface area (Å²) in [5, 5.41) is 4.24. The standard InChI is InChI=1S/C13H14N4O2/c1-3-19-13(18)10-11(14)15-17-9-7-5-4-6-8(9)16(2)12(10)17/h4-7H,3H2,1-2H3,(H2,14,15). The zero-order chi connectivity index (χ0) is 13.6. The molecule has 2 heterocycles. The molecule has 19 heavy (non-hydrogen) atoms. The van der Waals surface area contributed by atoms with E-state index in [0.717, 1.165) is 11.0 Å². The van der Waals surface area contributed by atoms with Crippen LogP contribution in [0.2, 0.25) is 0 Å². The second-order valence-electron chi connectivity index (χ2n) is 4.26. The molecule has 0 amide bonds. The van der Waals surface area contributed by atoms with E-state index in [9.17, 15) is 4.79 Å². The topological polar surface area (TPSA) is 74.6 Å². The van der Waals surface area contributed by atoms with Crippen LogP contribution in [0, 0.1) is 0 Å². The fourth-order valence-corrected chi connectivity index (χ4v) is 2.34. The Kier molecular flexibility index (Phi) is 2.45. The van der Waals surface area contributed by atoms with Crippen molar-refractivity contribution in [1.29, 1.82) is 0 Å². The molecule has 3 aromatic rings. The minimum Gasteiger partial charge on any atom is -0.462 e. The predicted molar refractivity (Wildman–Crippen MR) is 72.0 cm³/mol. The van der Waals surface area contributed by atoms with Gasteiger partial charge in [-0.15, -0.1) is 5.10 Å². The summed E-state index contributed by atoms with van der Waals surface area (Å²) in [6, 6.07) is 7.76. The number of ether oxygens (including phenoxy) is 1. The number of rotatable bonds is 2. The van der Waals surface area contributed by atoms with Gasteiger partial charge in [0, 0.05) is 7.05 Å². The Labute approximate surface area is 109 Å². The minimum absolute atomic E-state index is 0.190. The highest BCUT2D eigenvalue weighted by Gasteiger charge is 2.23. The second-order valence-corrected chi connectivity index (χ2v) is 4.26. The molecule has 0 bridgehead atoms. The molecule has 0 radical (unpaired) electrons. The number of nitrogens with zero attached hydrogens (tertiary/aromatic N) is 3. The van der Waals surface area contributed by atoms with Crippen molar-refractivity contribution in [2.24, 2.45) is 7.05 Å². The van der Waals surface area contributed by atoms with Crippen LogP contribution in [0.25, 0.3) is 16.7 Å². The third-order valence-corrected chi connectivity index (χ3v) is 3.16. The highest BCUT2D eigenvalue weighted by atomic mass is 16.5. The number of hydrogen-bond acceptors (Lipinski definition) is 4. The van der Waals surface area contributed by atoms with Gasteiger partial charge in [0.05, 0.1) is 17.6 Å². The third kappa shape index (κ3) is 1.49. The van der Waals surface area contributed by atoms with Crippen molar-refractivity contribution in [2.75, 3.05) is 12.3 Å². The number of hydrogen-bond donors (Lipinski definition) is 1. The Balaban J connectivity index is 2.40. The molecular formula is C13H14N4O2. The molecule has 0 atom stereocenters. The highest BCUT2D eigenvalue weighted by molar-refractivity contribution is 6.03. The Bertz CT molecular complexity index is 785. The molecule has 0 aliphatic heterocycles. The monoisotopic (exact) mass is 258 g/mol. The molecule has 0 saturated heterocycles. The lowest BCUT2D eigenvalue weighted by Gasteiger charge is -2.01. The van der Waals surface area contributed by atoms with Gasteiger partial charge < -0.3 is 15.0 Å². The van der Waals surface area contributed by atoms with Crippen molar-refractivity contribution in [3.8, 4) is 0 Å². The molecule has 1 aromatic carbocycles. The quantitative estimate of drug-likeness (QED) is 0.708. The number of fused-ring (bicyclic) bond motifs is 3. The first-order valence-corrected chi connectivity index (χ1v) is 6.04. The van der Waals surface area contributed by atoms with Crippen molar-refractivity contribution in [3.63, 3.8) is 0 Å². The molecule has 0 spiro atoms. The Hall–Kier alpha value is -2.50. The number of nitrogens with two attached hydrogens (primary N) is 1. The number of anilines is 1. The molecule has 6 nitrogen and oxygen atoms in total. The SMILES string of the molecule is CCOC(=O)c1c(N)nn2c3ccccc3n(C)c12. The molecule has 0 fully saturated rings. The molecule has 0 saturated carbocycles. The summed E-state index contributed by atoms with van der Waals surface area (Å²) in [5.74, 6) is -0.254. The minimum atomic E-state index is -0.444. The zero-order valence-corrected chi connectivity index (χ0v) is 10.8. The molecule has 0 aliphatic carbocycles. The van der Waals surface area contributed by atoms with Crippen molar-refractivity contribution >= 4 is 28.5 Å². The van der Waals surface area contributed by atoms with Gasteiger partial charge in [0.2, 0.25) is 0 Å². The zero-order valence-electron chi connectivity index (χ0n) is 10.8. The van der Waals surface area contributed by atoms with Crippen LogP contribution in [-0.4, -0.2) is 26.8 Å². The first kappa shape index (κ1) is 11.6. The molecule has 98 valence electrons. The lowest BCUT2D eigenvalue weighted by atomic mass is 10.3. The first-order valence-electron chi connectivity index (χ1n) is 6.04. The van der Waals surface area contributed by atoms with Gasteiger partial charge in [0.15, 0.2) is 11.5 Å². The number of carbonyl (C=O) groups excluding carboxylic acids is 1. The van der Waals surface area contributed by atoms with E-state index in [1.807, 2.05) is 35.9 Å². The van der Waals surface area contributed by atoms with Crippen LogP contribution in [-0.2, 0) is 11.8 Å². The summed E-state index contributed by atoms with van der Waals surface area (Å²) in [6.45, 7) is 2.07. The maximum Gasteiger partial charge on any atom is 0.345 e. The van der Waals surface area contributed by atoms with Crippen molar-refractivity contribution in [2.45, 2.75) is 6.92 Å². The fourth-order valence-electron chi connectivity index (χ4n) is 2.34. The van der Waals surface area contributed by atoms with Crippen LogP contribution in [0.1, 0.15) is 17.3 Å². The predicted octanol–water partition coefficient (Wildman–Crippen LogP) is 1.58. The average molecular weight is 258 g/mol. The highest BCUT2D eigenvalue weighted by Crippen LogP contribution is 2.26. The smallest absolute Gasteiger partial charge is 0.345 e. The van der Waals surface area contributed by atoms with Gasteiger partial charge in [-0.3, -0.25) is 0 Å². The van der Waals surface area contributed by atoms with Gasteiger partial charge >= 0.3 is 5.97 Å². The average Bonchev–Trinajstić information content (AvgIpc) is 2.87. The molecule has 0 aliphatic rings. The Morgan fingerprint density at radius 3 is 2.74 bits per heavy atom. The summed E-state index contributed by atoms with van der Waals surface area (Å²) in [5.41, 5.74) is 8.70. The van der Waals surface area contributed by atoms with E-state index in [4.69, 9.17) is 10.5 Å². The van der Waals surface area contributed by atoms with Crippen molar-refractivity contribution in [1.82, 2.24) is 14.2 Å². The maximum atomic E-state index is 12.0. The number of carbonyl (C=O) groups is 1. The van der Waals surface area contributed by atoms with Gasteiger partial charge in [-0.25, -0.2) is 9.31 Å². The second kappa shape index (κ2) is 4.01. The maximum absolute atomic E-state index is 12.0. The van der Waals surface area contributed by atoms with E-state index in [1.165, 1.54) is 0 Å². The van der Waals surface area contributed by atoms with Crippen LogP contribution in [0.15, 0.2) is 24.3 Å². The van der Waals surface area contributed by atoms with Crippen molar-refractivity contribution in [3.05, 3.63) is 29.8 Å². The summed E-state index contributed by atoms with van der Waals surface area (Å²) in [7, 11) is 1.88. The van der Waals surface area contributed by atoms with Crippen LogP contribution < -0.4 is 5.73 Å². The number of nitrogen functional groups attached to an aromatic ring is 1. The van der Waals surface area contributed by atoms with Crippen LogP contribution >= 0.6 is 0 Å².